The van der Waals surface area contributed by atoms with Gasteiger partial charge in [-0.25, -0.2) is 4.79 Å². The summed E-state index contributed by atoms with van der Waals surface area (Å²) in [7, 11) is 0. The Hall–Kier alpha value is -1.89. The molecule has 31 heavy (non-hydrogen) atoms. The third kappa shape index (κ3) is 4.38. The van der Waals surface area contributed by atoms with Crippen molar-refractivity contribution in [2.24, 2.45) is 0 Å². The number of benzene rings is 2. The van der Waals surface area contributed by atoms with Crippen LogP contribution >= 0.6 is 15.9 Å². The summed E-state index contributed by atoms with van der Waals surface area (Å²) in [6.07, 6.45) is 4.59. The molecule has 0 amide bonds. The van der Waals surface area contributed by atoms with Crippen LogP contribution in [0, 0.1) is 6.92 Å². The molecule has 2 aliphatic heterocycles. The van der Waals surface area contributed by atoms with Crippen molar-refractivity contribution in [1.29, 1.82) is 0 Å². The normalized spacial score (nSPS) is 19.9. The molecule has 6 heteroatoms. The maximum atomic E-state index is 12.6. The summed E-state index contributed by atoms with van der Waals surface area (Å²) in [4.78, 5) is 20.9. The lowest BCUT2D eigenvalue weighted by atomic mass is 9.97. The third-order valence-electron chi connectivity index (χ3n) is 7.27. The summed E-state index contributed by atoms with van der Waals surface area (Å²) in [6.45, 7) is 7.81. The second kappa shape index (κ2) is 8.93. The van der Waals surface area contributed by atoms with E-state index < -0.39 is 0 Å². The number of likely N-dealkylation sites (tertiary alicyclic amines) is 2. The van der Waals surface area contributed by atoms with Crippen molar-refractivity contribution in [2.45, 2.75) is 51.2 Å². The smallest absolute Gasteiger partial charge is 0.305 e. The van der Waals surface area contributed by atoms with E-state index in [0.29, 0.717) is 12.1 Å². The number of nitrogens with one attached hydrogen (secondary N) is 1. The number of aromatic amines is 1. The number of aryl methyl sites for hydroxylation is 1. The van der Waals surface area contributed by atoms with Gasteiger partial charge in [-0.1, -0.05) is 40.2 Å². The molecule has 0 aliphatic carbocycles. The van der Waals surface area contributed by atoms with Crippen LogP contribution in [0.4, 0.5) is 0 Å². The predicted octanol–water partition coefficient (Wildman–Crippen LogP) is 4.70. The number of imidazole rings is 1. The highest BCUT2D eigenvalue weighted by atomic mass is 79.9. The second-order valence-electron chi connectivity index (χ2n) is 9.16. The molecule has 2 aromatic carbocycles. The Morgan fingerprint density at radius 1 is 0.968 bits per heavy atom. The van der Waals surface area contributed by atoms with Crippen LogP contribution in [0.25, 0.3) is 11.0 Å². The molecule has 5 rings (SSSR count). The summed E-state index contributed by atoms with van der Waals surface area (Å²) in [5.41, 5.74) is 4.82. The molecule has 164 valence electrons. The van der Waals surface area contributed by atoms with Gasteiger partial charge in [0.2, 0.25) is 0 Å². The molecule has 0 bridgehead atoms. The van der Waals surface area contributed by atoms with Gasteiger partial charge in [0.15, 0.2) is 0 Å². The second-order valence-corrected chi connectivity index (χ2v) is 10.1. The van der Waals surface area contributed by atoms with Crippen molar-refractivity contribution < 1.29 is 0 Å². The Balaban J connectivity index is 1.17. The Morgan fingerprint density at radius 3 is 2.42 bits per heavy atom. The van der Waals surface area contributed by atoms with Crippen LogP contribution in [-0.2, 0) is 6.54 Å². The monoisotopic (exact) mass is 482 g/mol. The van der Waals surface area contributed by atoms with Crippen LogP contribution in [-0.4, -0.2) is 51.6 Å². The molecule has 3 aromatic rings. The number of hydrogen-bond acceptors (Lipinski definition) is 3. The molecule has 0 unspecified atom stereocenters. The molecule has 2 fully saturated rings. The Bertz CT molecular complexity index is 1100. The molecular weight excluding hydrogens is 452 g/mol. The molecule has 5 nitrogen and oxygen atoms in total. The van der Waals surface area contributed by atoms with Crippen molar-refractivity contribution in [3.63, 3.8) is 0 Å². The number of rotatable bonds is 4. The van der Waals surface area contributed by atoms with Gasteiger partial charge in [0, 0.05) is 36.2 Å². The van der Waals surface area contributed by atoms with E-state index in [2.05, 4.69) is 61.9 Å². The Labute approximate surface area is 192 Å². The minimum atomic E-state index is 0.0241. The maximum absolute atomic E-state index is 12.6. The van der Waals surface area contributed by atoms with E-state index >= 15 is 0 Å². The lowest BCUT2D eigenvalue weighted by Gasteiger charge is -2.42. The van der Waals surface area contributed by atoms with Crippen molar-refractivity contribution in [2.75, 3.05) is 26.2 Å². The van der Waals surface area contributed by atoms with E-state index in [9.17, 15) is 4.79 Å². The van der Waals surface area contributed by atoms with Crippen LogP contribution in [0.5, 0.6) is 0 Å². The first-order chi connectivity index (χ1) is 15.1. The van der Waals surface area contributed by atoms with Crippen molar-refractivity contribution in [1.82, 2.24) is 19.4 Å². The average molecular weight is 483 g/mol. The molecule has 2 aliphatic rings. The topological polar surface area (TPSA) is 44.3 Å². The number of nitrogens with zero attached hydrogens (tertiary/aromatic N) is 3. The fourth-order valence-electron chi connectivity index (χ4n) is 5.45. The Kier molecular flexibility index (Phi) is 6.04. The van der Waals surface area contributed by atoms with Gasteiger partial charge >= 0.3 is 5.69 Å². The maximum Gasteiger partial charge on any atom is 0.326 e. The summed E-state index contributed by atoms with van der Waals surface area (Å²) < 4.78 is 2.99. The highest BCUT2D eigenvalue weighted by molar-refractivity contribution is 9.10. The molecular formula is C25H31BrN4O. The highest BCUT2D eigenvalue weighted by Crippen LogP contribution is 2.29. The zero-order valence-electron chi connectivity index (χ0n) is 18.2. The van der Waals surface area contributed by atoms with Gasteiger partial charge in [-0.2, -0.15) is 0 Å². The number of halogens is 1. The lowest BCUT2D eigenvalue weighted by molar-refractivity contribution is 0.0769. The third-order valence-corrected chi connectivity index (χ3v) is 7.76. The minimum absolute atomic E-state index is 0.0241. The van der Waals surface area contributed by atoms with Gasteiger partial charge in [-0.3, -0.25) is 9.47 Å². The summed E-state index contributed by atoms with van der Waals surface area (Å²) in [6, 6.07) is 15.8. The van der Waals surface area contributed by atoms with Gasteiger partial charge in [0.05, 0.1) is 11.0 Å². The van der Waals surface area contributed by atoms with Crippen molar-refractivity contribution in [3.8, 4) is 0 Å². The van der Waals surface area contributed by atoms with E-state index in [1.165, 1.54) is 37.1 Å². The largest absolute Gasteiger partial charge is 0.326 e. The van der Waals surface area contributed by atoms with Crippen LogP contribution in [0.2, 0.25) is 0 Å². The summed E-state index contributed by atoms with van der Waals surface area (Å²) in [5.74, 6) is 0. The van der Waals surface area contributed by atoms with E-state index in [0.717, 1.165) is 48.0 Å². The quantitative estimate of drug-likeness (QED) is 0.585. The fraction of sp³-hybridized carbons (Fsp3) is 0.480. The van der Waals surface area contributed by atoms with E-state index in [-0.39, 0.29) is 5.69 Å². The molecule has 1 N–H and O–H groups in total. The van der Waals surface area contributed by atoms with Crippen LogP contribution in [0.1, 0.15) is 42.9 Å². The van der Waals surface area contributed by atoms with E-state index in [1.54, 1.807) is 0 Å². The average Bonchev–Trinajstić information content (AvgIpc) is 3.11. The van der Waals surface area contributed by atoms with Crippen molar-refractivity contribution in [3.05, 3.63) is 68.5 Å². The van der Waals surface area contributed by atoms with Gasteiger partial charge < -0.3 is 9.88 Å². The number of hydrogen-bond donors (Lipinski definition) is 1. The van der Waals surface area contributed by atoms with Gasteiger partial charge in [-0.15, -0.1) is 0 Å². The van der Waals surface area contributed by atoms with E-state index in [1.807, 2.05) is 22.8 Å². The lowest BCUT2D eigenvalue weighted by Crippen LogP contribution is -2.48. The van der Waals surface area contributed by atoms with E-state index in [4.69, 9.17) is 0 Å². The zero-order valence-corrected chi connectivity index (χ0v) is 19.8. The molecule has 0 atom stereocenters. The first-order valence-corrected chi connectivity index (χ1v) is 12.3. The SMILES string of the molecule is Cc1ccccc1CN1CCC(N2CCC(n3c(=O)[nH]c4cc(Br)ccc43)CC2)CC1. The molecule has 2 saturated heterocycles. The molecule has 0 spiro atoms. The van der Waals surface area contributed by atoms with Crippen molar-refractivity contribution >= 4 is 27.0 Å². The van der Waals surface area contributed by atoms with Gasteiger partial charge in [0.25, 0.3) is 0 Å². The zero-order chi connectivity index (χ0) is 21.4. The van der Waals surface area contributed by atoms with Gasteiger partial charge in [-0.05, 0) is 75.0 Å². The minimum Gasteiger partial charge on any atom is -0.305 e. The van der Waals surface area contributed by atoms with Crippen LogP contribution in [0.3, 0.4) is 0 Å². The number of aromatic nitrogens is 2. The van der Waals surface area contributed by atoms with Gasteiger partial charge in [0.1, 0.15) is 0 Å². The number of fused-ring (bicyclic) bond motifs is 1. The Morgan fingerprint density at radius 2 is 1.68 bits per heavy atom. The number of H-pyrrole nitrogens is 1. The molecule has 0 saturated carbocycles. The van der Waals surface area contributed by atoms with Crippen LogP contribution in [0.15, 0.2) is 51.7 Å². The summed E-state index contributed by atoms with van der Waals surface area (Å²) in [5, 5.41) is 0. The summed E-state index contributed by atoms with van der Waals surface area (Å²) >= 11 is 3.50. The standard InChI is InChI=1S/C25H31BrN4O/c1-18-4-2-3-5-19(18)17-28-12-8-21(9-13-28)29-14-10-22(11-15-29)30-24-7-6-20(26)16-23(24)27-25(30)31/h2-7,16,21-22H,8-15,17H2,1H3,(H,27,31). The fourth-order valence-corrected chi connectivity index (χ4v) is 5.81. The molecule has 0 radical (unpaired) electrons. The molecule has 1 aromatic heterocycles. The number of piperidine rings is 2. The first-order valence-electron chi connectivity index (χ1n) is 11.5. The first kappa shape index (κ1) is 21.0. The van der Waals surface area contributed by atoms with Crippen LogP contribution < -0.4 is 5.69 Å². The molecule has 3 heterocycles. The predicted molar refractivity (Wildman–Crippen MR) is 130 cm³/mol. The highest BCUT2D eigenvalue weighted by Gasteiger charge is 2.30.